The van der Waals surface area contributed by atoms with E-state index in [-0.39, 0.29) is 18.0 Å². The Bertz CT molecular complexity index is 1430. The van der Waals surface area contributed by atoms with E-state index in [9.17, 15) is 0 Å². The lowest BCUT2D eigenvalue weighted by Gasteiger charge is -2.36. The van der Waals surface area contributed by atoms with Gasteiger partial charge in [-0.3, -0.25) is 4.68 Å². The number of halogens is 1. The van der Waals surface area contributed by atoms with Gasteiger partial charge < -0.3 is 9.64 Å². The molecule has 4 aromatic rings. The quantitative estimate of drug-likeness (QED) is 0.427. The highest BCUT2D eigenvalue weighted by Crippen LogP contribution is 2.36. The lowest BCUT2D eigenvalue weighted by molar-refractivity contribution is -0.0178. The highest BCUT2D eigenvalue weighted by Gasteiger charge is 2.31. The van der Waals surface area contributed by atoms with Crippen LogP contribution in [0, 0.1) is 26.6 Å². The van der Waals surface area contributed by atoms with Crippen LogP contribution >= 0.6 is 0 Å². The van der Waals surface area contributed by atoms with Crippen molar-refractivity contribution in [1.82, 2.24) is 29.7 Å². The second kappa shape index (κ2) is 8.34. The van der Waals surface area contributed by atoms with E-state index >= 15 is 4.39 Å². The van der Waals surface area contributed by atoms with E-state index in [0.717, 1.165) is 22.5 Å². The second-order valence-electron chi connectivity index (χ2n) is 9.75. The molecule has 2 aliphatic rings. The van der Waals surface area contributed by atoms with Crippen LogP contribution in [-0.2, 0) is 4.74 Å². The Morgan fingerprint density at radius 3 is 2.57 bits per heavy atom. The highest BCUT2D eigenvalue weighted by atomic mass is 19.1. The lowest BCUT2D eigenvalue weighted by Crippen LogP contribution is -2.43. The van der Waals surface area contributed by atoms with Crippen molar-refractivity contribution in [2.24, 2.45) is 0 Å². The molecule has 1 aliphatic heterocycles. The fourth-order valence-electron chi connectivity index (χ4n) is 4.60. The van der Waals surface area contributed by atoms with E-state index < -0.39 is 0 Å². The van der Waals surface area contributed by atoms with Crippen LogP contribution in [0.1, 0.15) is 54.4 Å². The SMILES string of the molecule is Cc1ccc(-c2nc(N3C[C@@H](C)O[C@H](c4cnn(C5CC5)c4)C3)nc3nc(C)c(C)nc23)c(F)c1. The van der Waals surface area contributed by atoms with E-state index in [0.29, 0.717) is 47.5 Å². The predicted molar refractivity (Wildman–Crippen MR) is 131 cm³/mol. The first-order valence-electron chi connectivity index (χ1n) is 12.1. The zero-order chi connectivity index (χ0) is 24.3. The molecule has 9 heteroatoms. The average molecular weight is 474 g/mol. The van der Waals surface area contributed by atoms with Gasteiger partial charge in [0.1, 0.15) is 23.1 Å². The first-order chi connectivity index (χ1) is 16.9. The van der Waals surface area contributed by atoms with Crippen molar-refractivity contribution < 1.29 is 9.13 Å². The maximum atomic E-state index is 15.1. The number of fused-ring (bicyclic) bond motifs is 1. The largest absolute Gasteiger partial charge is 0.367 e. The van der Waals surface area contributed by atoms with Crippen molar-refractivity contribution in [3.8, 4) is 11.3 Å². The number of benzene rings is 1. The zero-order valence-electron chi connectivity index (χ0n) is 20.4. The number of hydrogen-bond acceptors (Lipinski definition) is 7. The van der Waals surface area contributed by atoms with E-state index in [1.807, 2.05) is 44.6 Å². The summed E-state index contributed by atoms with van der Waals surface area (Å²) in [4.78, 5) is 21.1. The van der Waals surface area contributed by atoms with Crippen LogP contribution in [0.15, 0.2) is 30.6 Å². The molecule has 2 atom stereocenters. The summed E-state index contributed by atoms with van der Waals surface area (Å²) in [7, 11) is 0. The van der Waals surface area contributed by atoms with Gasteiger partial charge >= 0.3 is 0 Å². The maximum absolute atomic E-state index is 15.1. The lowest BCUT2D eigenvalue weighted by atomic mass is 10.1. The van der Waals surface area contributed by atoms with Crippen LogP contribution in [0.2, 0.25) is 0 Å². The third-order valence-electron chi connectivity index (χ3n) is 6.77. The molecule has 2 fully saturated rings. The number of morpholine rings is 1. The van der Waals surface area contributed by atoms with Crippen molar-refractivity contribution in [3.63, 3.8) is 0 Å². The minimum Gasteiger partial charge on any atom is -0.367 e. The van der Waals surface area contributed by atoms with Gasteiger partial charge in [-0.15, -0.1) is 0 Å². The summed E-state index contributed by atoms with van der Waals surface area (Å²) in [6.07, 6.45) is 6.14. The molecule has 0 N–H and O–H groups in total. The van der Waals surface area contributed by atoms with Gasteiger partial charge in [0.15, 0.2) is 5.65 Å². The Balaban J connectivity index is 1.43. The third-order valence-corrected chi connectivity index (χ3v) is 6.77. The van der Waals surface area contributed by atoms with Crippen LogP contribution in [0.3, 0.4) is 0 Å². The van der Waals surface area contributed by atoms with Crippen molar-refractivity contribution >= 4 is 17.1 Å². The Kier molecular flexibility index (Phi) is 5.25. The van der Waals surface area contributed by atoms with Gasteiger partial charge in [-0.2, -0.15) is 10.1 Å². The summed E-state index contributed by atoms with van der Waals surface area (Å²) < 4.78 is 23.4. The van der Waals surface area contributed by atoms with Crippen LogP contribution in [-0.4, -0.2) is 48.9 Å². The molecule has 0 unspecified atom stereocenters. The molecule has 8 nitrogen and oxygen atoms in total. The highest BCUT2D eigenvalue weighted by molar-refractivity contribution is 5.88. The molecule has 35 heavy (non-hydrogen) atoms. The van der Waals surface area contributed by atoms with Gasteiger partial charge in [-0.05, 0) is 58.2 Å². The second-order valence-corrected chi connectivity index (χ2v) is 9.75. The molecule has 4 heterocycles. The van der Waals surface area contributed by atoms with Crippen LogP contribution < -0.4 is 4.90 Å². The third kappa shape index (κ3) is 4.14. The van der Waals surface area contributed by atoms with Crippen LogP contribution in [0.25, 0.3) is 22.4 Å². The van der Waals surface area contributed by atoms with Gasteiger partial charge in [0.25, 0.3) is 0 Å². The number of anilines is 1. The molecule has 3 aromatic heterocycles. The summed E-state index contributed by atoms with van der Waals surface area (Å²) in [5.74, 6) is 0.163. The Labute approximate surface area is 203 Å². The molecule has 0 radical (unpaired) electrons. The van der Waals surface area contributed by atoms with Gasteiger partial charge in [-0.25, -0.2) is 19.3 Å². The predicted octanol–water partition coefficient (Wildman–Crippen LogP) is 4.65. The fraction of sp³-hybridized carbons (Fsp3) is 0.423. The number of hydrogen-bond donors (Lipinski definition) is 0. The number of aryl methyl sites for hydroxylation is 3. The maximum Gasteiger partial charge on any atom is 0.228 e. The summed E-state index contributed by atoms with van der Waals surface area (Å²) in [6.45, 7) is 8.89. The molecule has 0 spiro atoms. The Morgan fingerprint density at radius 1 is 1.00 bits per heavy atom. The summed E-state index contributed by atoms with van der Waals surface area (Å²) in [5.41, 5.74) is 5.27. The fourth-order valence-corrected chi connectivity index (χ4v) is 4.60. The molecule has 1 saturated heterocycles. The molecular formula is C26H28FN7O. The van der Waals surface area contributed by atoms with Crippen molar-refractivity contribution in [1.29, 1.82) is 0 Å². The number of ether oxygens (including phenoxy) is 1. The number of nitrogens with zero attached hydrogens (tertiary/aromatic N) is 7. The van der Waals surface area contributed by atoms with Gasteiger partial charge in [0.05, 0.1) is 36.3 Å². The van der Waals surface area contributed by atoms with E-state index in [4.69, 9.17) is 19.7 Å². The first-order valence-corrected chi connectivity index (χ1v) is 12.1. The smallest absolute Gasteiger partial charge is 0.228 e. The molecule has 1 aromatic carbocycles. The molecule has 1 saturated carbocycles. The topological polar surface area (TPSA) is 81.9 Å². The zero-order valence-corrected chi connectivity index (χ0v) is 20.4. The van der Waals surface area contributed by atoms with Crippen molar-refractivity contribution in [3.05, 3.63) is 58.9 Å². The van der Waals surface area contributed by atoms with E-state index in [1.54, 1.807) is 6.07 Å². The molecule has 1 aliphatic carbocycles. The summed E-state index contributed by atoms with van der Waals surface area (Å²) in [5, 5.41) is 4.53. The monoisotopic (exact) mass is 473 g/mol. The van der Waals surface area contributed by atoms with E-state index in [1.165, 1.54) is 18.9 Å². The number of rotatable bonds is 4. The first kappa shape index (κ1) is 22.0. The van der Waals surface area contributed by atoms with E-state index in [2.05, 4.69) is 21.2 Å². The standard InChI is InChI=1S/C26H28FN7O/c1-14-5-8-20(21(27)9-14)23-24-25(30-17(4)16(3)29-24)32-26(31-23)33-11-15(2)35-22(13-33)18-10-28-34(12-18)19-6-7-19/h5,8-10,12,15,19,22H,6-7,11,13H2,1-4H3/t15-,22+/m1/s1. The number of aromatic nitrogens is 6. The van der Waals surface area contributed by atoms with Gasteiger partial charge in [0, 0.05) is 23.9 Å². The average Bonchev–Trinajstić information content (AvgIpc) is 3.55. The normalized spacial score (nSPS) is 20.5. The minimum atomic E-state index is -0.336. The Morgan fingerprint density at radius 2 is 1.80 bits per heavy atom. The van der Waals surface area contributed by atoms with Crippen molar-refractivity contribution in [2.45, 2.75) is 58.8 Å². The minimum absolute atomic E-state index is 0.0391. The summed E-state index contributed by atoms with van der Waals surface area (Å²) >= 11 is 0. The Hall–Kier alpha value is -3.46. The molecular weight excluding hydrogens is 445 g/mol. The van der Waals surface area contributed by atoms with Gasteiger partial charge in [-0.1, -0.05) is 6.07 Å². The van der Waals surface area contributed by atoms with Crippen molar-refractivity contribution in [2.75, 3.05) is 18.0 Å². The van der Waals surface area contributed by atoms with Crippen LogP contribution in [0.5, 0.6) is 0 Å². The molecule has 0 amide bonds. The molecule has 180 valence electrons. The summed E-state index contributed by atoms with van der Waals surface area (Å²) in [6, 6.07) is 5.67. The molecule has 0 bridgehead atoms. The van der Waals surface area contributed by atoms with Gasteiger partial charge in [0.2, 0.25) is 5.95 Å². The van der Waals surface area contributed by atoms with Crippen LogP contribution in [0.4, 0.5) is 10.3 Å². The molecule has 6 rings (SSSR count).